The standard InChI is InChI=1S/C16H16F2/c1-11-3-6-13(7-4-11)8-10-14-9-5-12(2)15(17)16(14)18/h3,5,9,13H,4,6-7H2,1-2H3. The second kappa shape index (κ2) is 5.35. The molecule has 18 heavy (non-hydrogen) atoms. The average molecular weight is 246 g/mol. The highest BCUT2D eigenvalue weighted by atomic mass is 19.2. The molecule has 0 bridgehead atoms. The molecule has 0 aliphatic heterocycles. The number of benzene rings is 1. The molecule has 0 radical (unpaired) electrons. The van der Waals surface area contributed by atoms with Crippen molar-refractivity contribution in [2.45, 2.75) is 33.1 Å². The van der Waals surface area contributed by atoms with E-state index in [1.54, 1.807) is 19.1 Å². The Morgan fingerprint density at radius 1 is 1.17 bits per heavy atom. The molecule has 94 valence electrons. The lowest BCUT2D eigenvalue weighted by Gasteiger charge is -2.14. The summed E-state index contributed by atoms with van der Waals surface area (Å²) in [5, 5.41) is 0. The van der Waals surface area contributed by atoms with Gasteiger partial charge in [0.05, 0.1) is 5.56 Å². The van der Waals surface area contributed by atoms with Crippen LogP contribution in [0.4, 0.5) is 8.78 Å². The van der Waals surface area contributed by atoms with Crippen LogP contribution < -0.4 is 0 Å². The third-order valence-corrected chi connectivity index (χ3v) is 3.32. The third-order valence-electron chi connectivity index (χ3n) is 3.32. The molecule has 0 heterocycles. The predicted octanol–water partition coefficient (Wildman–Crippen LogP) is 4.37. The van der Waals surface area contributed by atoms with Crippen molar-refractivity contribution in [3.05, 3.63) is 46.5 Å². The van der Waals surface area contributed by atoms with Crippen molar-refractivity contribution in [1.82, 2.24) is 0 Å². The highest BCUT2D eigenvalue weighted by molar-refractivity contribution is 5.38. The molecule has 0 saturated carbocycles. The molecule has 0 saturated heterocycles. The van der Waals surface area contributed by atoms with Gasteiger partial charge < -0.3 is 0 Å². The number of aryl methyl sites for hydroxylation is 1. The van der Waals surface area contributed by atoms with Crippen LogP contribution in [0.25, 0.3) is 0 Å². The first-order valence-electron chi connectivity index (χ1n) is 6.19. The Bertz CT molecular complexity index is 544. The van der Waals surface area contributed by atoms with E-state index >= 15 is 0 Å². The number of halogens is 2. The van der Waals surface area contributed by atoms with Crippen molar-refractivity contribution in [2.75, 3.05) is 0 Å². The normalized spacial score (nSPS) is 18.9. The van der Waals surface area contributed by atoms with E-state index in [0.29, 0.717) is 5.56 Å². The smallest absolute Gasteiger partial charge is 0.174 e. The molecular weight excluding hydrogens is 230 g/mol. The van der Waals surface area contributed by atoms with E-state index in [2.05, 4.69) is 24.8 Å². The Hall–Kier alpha value is -1.62. The van der Waals surface area contributed by atoms with E-state index in [4.69, 9.17) is 0 Å². The van der Waals surface area contributed by atoms with Crippen molar-refractivity contribution in [3.63, 3.8) is 0 Å². The zero-order valence-electron chi connectivity index (χ0n) is 10.7. The SMILES string of the molecule is CC1=CCC(C#Cc2ccc(C)c(F)c2F)CC1. The Morgan fingerprint density at radius 3 is 2.61 bits per heavy atom. The van der Waals surface area contributed by atoms with Crippen LogP contribution in [0.2, 0.25) is 0 Å². The van der Waals surface area contributed by atoms with Crippen LogP contribution in [0.1, 0.15) is 37.3 Å². The molecule has 2 heteroatoms. The molecule has 0 nitrogen and oxygen atoms in total. The van der Waals surface area contributed by atoms with E-state index < -0.39 is 11.6 Å². The molecule has 1 atom stereocenters. The summed E-state index contributed by atoms with van der Waals surface area (Å²) < 4.78 is 26.9. The summed E-state index contributed by atoms with van der Waals surface area (Å²) in [7, 11) is 0. The van der Waals surface area contributed by atoms with Gasteiger partial charge >= 0.3 is 0 Å². The molecule has 0 aromatic heterocycles. The summed E-state index contributed by atoms with van der Waals surface area (Å²) in [5.41, 5.74) is 1.86. The molecule has 1 aliphatic rings. The van der Waals surface area contributed by atoms with Crippen LogP contribution in [0, 0.1) is 36.3 Å². The molecule has 1 aromatic carbocycles. The fourth-order valence-corrected chi connectivity index (χ4v) is 2.02. The van der Waals surface area contributed by atoms with Crippen molar-refractivity contribution in [2.24, 2.45) is 5.92 Å². The minimum absolute atomic E-state index is 0.157. The average Bonchev–Trinajstić information content (AvgIpc) is 2.37. The lowest BCUT2D eigenvalue weighted by atomic mass is 9.90. The monoisotopic (exact) mass is 246 g/mol. The maximum atomic E-state index is 13.6. The Balaban J connectivity index is 2.18. The fraction of sp³-hybridized carbons (Fsp3) is 0.375. The van der Waals surface area contributed by atoms with Gasteiger partial charge in [0.15, 0.2) is 11.6 Å². The van der Waals surface area contributed by atoms with Gasteiger partial charge in [0.2, 0.25) is 0 Å². The van der Waals surface area contributed by atoms with Gasteiger partial charge in [-0.15, -0.1) is 0 Å². The van der Waals surface area contributed by atoms with Gasteiger partial charge in [-0.25, -0.2) is 8.78 Å². The van der Waals surface area contributed by atoms with Crippen LogP contribution in [-0.2, 0) is 0 Å². The van der Waals surface area contributed by atoms with Crippen molar-refractivity contribution >= 4 is 0 Å². The summed E-state index contributed by atoms with van der Waals surface area (Å²) in [5.74, 6) is 4.46. The lowest BCUT2D eigenvalue weighted by molar-refractivity contribution is 0.501. The van der Waals surface area contributed by atoms with Crippen LogP contribution >= 0.6 is 0 Å². The minimum atomic E-state index is -0.829. The van der Waals surface area contributed by atoms with Crippen molar-refractivity contribution in [1.29, 1.82) is 0 Å². The molecular formula is C16H16F2. The third kappa shape index (κ3) is 2.79. The summed E-state index contributed by atoms with van der Waals surface area (Å²) in [6, 6.07) is 3.11. The van der Waals surface area contributed by atoms with E-state index in [9.17, 15) is 8.78 Å². The molecule has 0 N–H and O–H groups in total. The Kier molecular flexibility index (Phi) is 3.81. The lowest BCUT2D eigenvalue weighted by Crippen LogP contribution is -2.02. The van der Waals surface area contributed by atoms with Crippen molar-refractivity contribution < 1.29 is 8.78 Å². The van der Waals surface area contributed by atoms with Gasteiger partial charge in [-0.3, -0.25) is 0 Å². The second-order valence-electron chi connectivity index (χ2n) is 4.85. The molecule has 1 aliphatic carbocycles. The number of rotatable bonds is 0. The molecule has 0 amide bonds. The van der Waals surface area contributed by atoms with Gasteiger partial charge in [0, 0.05) is 5.92 Å². The minimum Gasteiger partial charge on any atom is -0.203 e. The number of allylic oxidation sites excluding steroid dienone is 2. The maximum Gasteiger partial charge on any atom is 0.174 e. The molecule has 2 rings (SSSR count). The van der Waals surface area contributed by atoms with Crippen LogP contribution in [0.3, 0.4) is 0 Å². The second-order valence-corrected chi connectivity index (χ2v) is 4.85. The molecule has 0 fully saturated rings. The van der Waals surface area contributed by atoms with Crippen molar-refractivity contribution in [3.8, 4) is 11.8 Å². The first kappa shape index (κ1) is 12.8. The summed E-state index contributed by atoms with van der Waals surface area (Å²) >= 11 is 0. The number of hydrogen-bond donors (Lipinski definition) is 0. The van der Waals surface area contributed by atoms with Crippen LogP contribution in [-0.4, -0.2) is 0 Å². The van der Waals surface area contributed by atoms with E-state index in [0.717, 1.165) is 19.3 Å². The van der Waals surface area contributed by atoms with Crippen LogP contribution in [0.15, 0.2) is 23.8 Å². The maximum absolute atomic E-state index is 13.6. The topological polar surface area (TPSA) is 0 Å². The highest BCUT2D eigenvalue weighted by Crippen LogP contribution is 2.22. The van der Waals surface area contributed by atoms with Gasteiger partial charge in [0.25, 0.3) is 0 Å². The van der Waals surface area contributed by atoms with E-state index in [1.807, 2.05) is 0 Å². The Labute approximate surface area is 107 Å². The van der Waals surface area contributed by atoms with E-state index in [-0.39, 0.29) is 11.5 Å². The zero-order chi connectivity index (χ0) is 13.1. The first-order valence-corrected chi connectivity index (χ1v) is 6.19. The van der Waals surface area contributed by atoms with Gasteiger partial charge in [-0.2, -0.15) is 0 Å². The fourth-order valence-electron chi connectivity index (χ4n) is 2.02. The first-order chi connectivity index (χ1) is 8.58. The summed E-state index contributed by atoms with van der Waals surface area (Å²) in [6.07, 6.45) is 5.14. The van der Waals surface area contributed by atoms with Crippen LogP contribution in [0.5, 0.6) is 0 Å². The molecule has 0 spiro atoms. The molecule has 1 unspecified atom stereocenters. The summed E-state index contributed by atoms with van der Waals surface area (Å²) in [4.78, 5) is 0. The van der Waals surface area contributed by atoms with E-state index in [1.165, 1.54) is 5.57 Å². The predicted molar refractivity (Wildman–Crippen MR) is 69.1 cm³/mol. The van der Waals surface area contributed by atoms with Gasteiger partial charge in [0.1, 0.15) is 0 Å². The molecule has 1 aromatic rings. The zero-order valence-corrected chi connectivity index (χ0v) is 10.7. The quantitative estimate of drug-likeness (QED) is 0.471. The highest BCUT2D eigenvalue weighted by Gasteiger charge is 2.11. The van der Waals surface area contributed by atoms with Gasteiger partial charge in [-0.05, 0) is 44.7 Å². The number of hydrogen-bond acceptors (Lipinski definition) is 0. The largest absolute Gasteiger partial charge is 0.203 e. The Morgan fingerprint density at radius 2 is 1.94 bits per heavy atom. The van der Waals surface area contributed by atoms with Gasteiger partial charge in [-0.1, -0.05) is 29.6 Å². The summed E-state index contributed by atoms with van der Waals surface area (Å²) in [6.45, 7) is 3.66.